The third kappa shape index (κ3) is 1.96. The fourth-order valence-corrected chi connectivity index (χ4v) is 2.64. The van der Waals surface area contributed by atoms with Crippen molar-refractivity contribution in [3.05, 3.63) is 53.1 Å². The van der Waals surface area contributed by atoms with Crippen molar-refractivity contribution >= 4 is 5.78 Å². The second-order valence-corrected chi connectivity index (χ2v) is 4.95. The van der Waals surface area contributed by atoms with Crippen molar-refractivity contribution in [2.45, 2.75) is 25.7 Å². The molecule has 0 N–H and O–H groups in total. The van der Waals surface area contributed by atoms with E-state index in [1.54, 1.807) is 17.1 Å². The molecule has 0 saturated carbocycles. The molecule has 0 aliphatic heterocycles. The van der Waals surface area contributed by atoms with Gasteiger partial charge in [0.25, 0.3) is 0 Å². The van der Waals surface area contributed by atoms with Gasteiger partial charge in [-0.25, -0.2) is 4.98 Å². The van der Waals surface area contributed by atoms with E-state index >= 15 is 0 Å². The first-order chi connectivity index (χ1) is 8.74. The zero-order valence-electron chi connectivity index (χ0n) is 10.5. The third-order valence-electron chi connectivity index (χ3n) is 3.63. The minimum absolute atomic E-state index is 0.132. The maximum absolute atomic E-state index is 12.1. The van der Waals surface area contributed by atoms with Crippen LogP contribution in [0.3, 0.4) is 0 Å². The zero-order valence-corrected chi connectivity index (χ0v) is 10.5. The molecule has 0 unspecified atom stereocenters. The highest BCUT2D eigenvalue weighted by Crippen LogP contribution is 2.23. The molecule has 1 heterocycles. The first kappa shape index (κ1) is 11.2. The number of aryl methyl sites for hydroxylation is 3. The number of aromatic nitrogens is 2. The lowest BCUT2D eigenvalue weighted by atomic mass is 10.0. The molecule has 3 nitrogen and oxygen atoms in total. The Kier molecular flexibility index (Phi) is 2.74. The molecule has 0 bridgehead atoms. The fraction of sp³-hybridized carbons (Fsp3) is 0.333. The Morgan fingerprint density at radius 3 is 2.94 bits per heavy atom. The zero-order chi connectivity index (χ0) is 12.5. The van der Waals surface area contributed by atoms with Crippen LogP contribution in [-0.4, -0.2) is 15.3 Å². The van der Waals surface area contributed by atoms with Crippen LogP contribution < -0.4 is 0 Å². The van der Waals surface area contributed by atoms with E-state index in [0.717, 1.165) is 12.0 Å². The molecule has 0 spiro atoms. The van der Waals surface area contributed by atoms with Gasteiger partial charge in [0, 0.05) is 13.5 Å². The van der Waals surface area contributed by atoms with Gasteiger partial charge < -0.3 is 4.57 Å². The predicted octanol–water partition coefficient (Wildman–Crippen LogP) is 2.33. The highest BCUT2D eigenvalue weighted by Gasteiger charge is 2.14. The van der Waals surface area contributed by atoms with E-state index in [-0.39, 0.29) is 5.78 Å². The average molecular weight is 240 g/mol. The molecule has 0 atom stereocenters. The van der Waals surface area contributed by atoms with Crippen LogP contribution in [0.4, 0.5) is 0 Å². The summed E-state index contributed by atoms with van der Waals surface area (Å²) < 4.78 is 1.77. The summed E-state index contributed by atoms with van der Waals surface area (Å²) in [4.78, 5) is 16.1. The van der Waals surface area contributed by atoms with Crippen LogP contribution in [-0.2, 0) is 26.3 Å². The van der Waals surface area contributed by atoms with Gasteiger partial charge in [-0.15, -0.1) is 0 Å². The highest BCUT2D eigenvalue weighted by atomic mass is 16.1. The van der Waals surface area contributed by atoms with Crippen LogP contribution in [0.2, 0.25) is 0 Å². The summed E-state index contributed by atoms with van der Waals surface area (Å²) in [6.45, 7) is 0. The van der Waals surface area contributed by atoms with E-state index < -0.39 is 0 Å². The molecular formula is C15H16N2O. The number of ketones is 1. The molecular weight excluding hydrogens is 224 g/mol. The van der Waals surface area contributed by atoms with Crippen molar-refractivity contribution in [3.63, 3.8) is 0 Å². The summed E-state index contributed by atoms with van der Waals surface area (Å²) in [5.41, 5.74) is 4.66. The lowest BCUT2D eigenvalue weighted by Crippen LogP contribution is -2.08. The average Bonchev–Trinajstić information content (AvgIpc) is 2.96. The summed E-state index contributed by atoms with van der Waals surface area (Å²) in [6.07, 6.45) is 7.35. The third-order valence-corrected chi connectivity index (χ3v) is 3.63. The molecule has 1 aromatic carbocycles. The lowest BCUT2D eigenvalue weighted by Gasteiger charge is -2.05. The number of imidazole rings is 1. The van der Waals surface area contributed by atoms with E-state index in [1.165, 1.54) is 24.0 Å². The summed E-state index contributed by atoms with van der Waals surface area (Å²) >= 11 is 0. The smallest absolute Gasteiger partial charge is 0.185 e. The number of nitrogens with zero attached hydrogens (tertiary/aromatic N) is 2. The van der Waals surface area contributed by atoms with Crippen molar-refractivity contribution in [1.82, 2.24) is 9.55 Å². The van der Waals surface area contributed by atoms with Gasteiger partial charge in [0.15, 0.2) is 5.78 Å². The van der Waals surface area contributed by atoms with Crippen molar-refractivity contribution in [2.24, 2.45) is 7.05 Å². The molecule has 0 fully saturated rings. The number of benzene rings is 1. The number of fused-ring (bicyclic) bond motifs is 1. The Morgan fingerprint density at radius 1 is 1.33 bits per heavy atom. The summed E-state index contributed by atoms with van der Waals surface area (Å²) in [5, 5.41) is 0. The van der Waals surface area contributed by atoms with E-state index in [0.29, 0.717) is 12.1 Å². The Hall–Kier alpha value is -1.90. The number of carbonyl (C=O) groups is 1. The van der Waals surface area contributed by atoms with Crippen LogP contribution >= 0.6 is 0 Å². The lowest BCUT2D eigenvalue weighted by molar-refractivity contribution is 0.0985. The van der Waals surface area contributed by atoms with Crippen molar-refractivity contribution in [2.75, 3.05) is 0 Å². The van der Waals surface area contributed by atoms with Crippen molar-refractivity contribution in [3.8, 4) is 0 Å². The summed E-state index contributed by atoms with van der Waals surface area (Å²) in [7, 11) is 1.85. The van der Waals surface area contributed by atoms with Crippen LogP contribution in [0.5, 0.6) is 0 Å². The quantitative estimate of drug-likeness (QED) is 0.772. The van der Waals surface area contributed by atoms with Gasteiger partial charge in [0.2, 0.25) is 0 Å². The Bertz CT molecular complexity index is 598. The number of hydrogen-bond acceptors (Lipinski definition) is 2. The number of carbonyl (C=O) groups excluding carboxylic acids is 1. The van der Waals surface area contributed by atoms with Crippen LogP contribution in [0.1, 0.15) is 33.6 Å². The van der Waals surface area contributed by atoms with Gasteiger partial charge in [-0.1, -0.05) is 18.2 Å². The molecule has 0 saturated heterocycles. The monoisotopic (exact) mass is 240 g/mol. The fourth-order valence-electron chi connectivity index (χ4n) is 2.64. The summed E-state index contributed by atoms with van der Waals surface area (Å²) in [6, 6.07) is 6.45. The molecule has 3 rings (SSSR count). The Balaban J connectivity index is 1.81. The topological polar surface area (TPSA) is 34.9 Å². The summed E-state index contributed by atoms with van der Waals surface area (Å²) in [5.74, 6) is 0.132. The molecule has 0 radical (unpaired) electrons. The van der Waals surface area contributed by atoms with Crippen LogP contribution in [0, 0.1) is 0 Å². The maximum Gasteiger partial charge on any atom is 0.185 e. The molecule has 1 aliphatic carbocycles. The van der Waals surface area contributed by atoms with Gasteiger partial charge in [-0.2, -0.15) is 0 Å². The van der Waals surface area contributed by atoms with Gasteiger partial charge in [0.05, 0.1) is 12.5 Å². The first-order valence-electron chi connectivity index (χ1n) is 6.34. The number of hydrogen-bond donors (Lipinski definition) is 0. The van der Waals surface area contributed by atoms with E-state index in [1.807, 2.05) is 7.05 Å². The first-order valence-corrected chi connectivity index (χ1v) is 6.34. The number of rotatable bonds is 3. The SMILES string of the molecule is Cn1cncc1C(=O)Cc1ccc2c(c1)CCC2. The Morgan fingerprint density at radius 2 is 2.17 bits per heavy atom. The van der Waals surface area contributed by atoms with Gasteiger partial charge >= 0.3 is 0 Å². The van der Waals surface area contributed by atoms with E-state index in [2.05, 4.69) is 23.2 Å². The normalized spacial score (nSPS) is 13.6. The van der Waals surface area contributed by atoms with Gasteiger partial charge in [0.1, 0.15) is 5.69 Å². The van der Waals surface area contributed by atoms with E-state index in [9.17, 15) is 4.79 Å². The Labute approximate surface area is 106 Å². The van der Waals surface area contributed by atoms with Gasteiger partial charge in [-0.05, 0) is 36.0 Å². The molecule has 1 aromatic heterocycles. The van der Waals surface area contributed by atoms with Crippen LogP contribution in [0.15, 0.2) is 30.7 Å². The standard InChI is InChI=1S/C15H16N2O/c1-17-10-16-9-14(17)15(18)8-11-5-6-12-3-2-4-13(12)7-11/h5-7,9-10H,2-4,8H2,1H3. The minimum Gasteiger partial charge on any atom is -0.331 e. The minimum atomic E-state index is 0.132. The second-order valence-electron chi connectivity index (χ2n) is 4.95. The predicted molar refractivity (Wildman–Crippen MR) is 69.7 cm³/mol. The van der Waals surface area contributed by atoms with Crippen molar-refractivity contribution in [1.29, 1.82) is 0 Å². The van der Waals surface area contributed by atoms with Crippen molar-refractivity contribution < 1.29 is 4.79 Å². The molecule has 0 amide bonds. The van der Waals surface area contributed by atoms with Crippen LogP contribution in [0.25, 0.3) is 0 Å². The highest BCUT2D eigenvalue weighted by molar-refractivity contribution is 5.95. The molecule has 2 aromatic rings. The van der Waals surface area contributed by atoms with E-state index in [4.69, 9.17) is 0 Å². The molecule has 18 heavy (non-hydrogen) atoms. The number of Topliss-reactive ketones (excluding diaryl/α,β-unsaturated/α-hetero) is 1. The maximum atomic E-state index is 12.1. The molecule has 92 valence electrons. The largest absolute Gasteiger partial charge is 0.331 e. The second kappa shape index (κ2) is 4.41. The van der Waals surface area contributed by atoms with Gasteiger partial charge in [-0.3, -0.25) is 4.79 Å². The molecule has 3 heteroatoms. The molecule has 1 aliphatic rings.